The van der Waals surface area contributed by atoms with Gasteiger partial charge < -0.3 is 9.64 Å². The smallest absolute Gasteiger partial charge is 0.411 e. The third kappa shape index (κ3) is 3.81. The summed E-state index contributed by atoms with van der Waals surface area (Å²) in [6, 6.07) is -0.354. The minimum atomic E-state index is -0.525. The molecule has 2 aliphatic heterocycles. The molecule has 6 heteroatoms. The fourth-order valence-electron chi connectivity index (χ4n) is 2.47. The van der Waals surface area contributed by atoms with Crippen molar-refractivity contribution < 1.29 is 14.3 Å². The Bertz CT molecular complexity index is 375. The highest BCUT2D eigenvalue weighted by molar-refractivity contribution is 7.99. The van der Waals surface area contributed by atoms with E-state index in [0.29, 0.717) is 11.6 Å². The predicted molar refractivity (Wildman–Crippen MR) is 79.6 cm³/mol. The van der Waals surface area contributed by atoms with Crippen LogP contribution in [0.1, 0.15) is 40.0 Å². The van der Waals surface area contributed by atoms with E-state index in [2.05, 4.69) is 0 Å². The minimum Gasteiger partial charge on any atom is -0.444 e. The number of thioether (sulfide) groups is 1. The van der Waals surface area contributed by atoms with Crippen LogP contribution in [0.5, 0.6) is 0 Å². The zero-order valence-electron chi connectivity index (χ0n) is 12.6. The topological polar surface area (TPSA) is 49.9 Å². The summed E-state index contributed by atoms with van der Waals surface area (Å²) in [6.45, 7) is 7.17. The van der Waals surface area contributed by atoms with Gasteiger partial charge in [0.15, 0.2) is 0 Å². The van der Waals surface area contributed by atoms with E-state index in [0.717, 1.165) is 25.9 Å². The number of rotatable bonds is 1. The van der Waals surface area contributed by atoms with E-state index in [1.54, 1.807) is 16.7 Å². The van der Waals surface area contributed by atoms with E-state index in [4.69, 9.17) is 4.74 Å². The van der Waals surface area contributed by atoms with Crippen molar-refractivity contribution in [2.75, 3.05) is 24.7 Å². The molecule has 0 aliphatic carbocycles. The second-order valence-corrected chi connectivity index (χ2v) is 7.35. The van der Waals surface area contributed by atoms with Gasteiger partial charge in [-0.25, -0.2) is 4.79 Å². The standard InChI is InChI=1S/C14H24N2O3S/c1-14(2,3)19-13(18)16-10-20-9-11(16)12(17)15-7-5-4-6-8-15/h11H,4-10H2,1-3H3/t11-/m1/s1. The van der Waals surface area contributed by atoms with Gasteiger partial charge >= 0.3 is 6.09 Å². The van der Waals surface area contributed by atoms with Crippen molar-refractivity contribution in [1.29, 1.82) is 0 Å². The van der Waals surface area contributed by atoms with Crippen molar-refractivity contribution in [3.8, 4) is 0 Å². The van der Waals surface area contributed by atoms with Gasteiger partial charge in [-0.3, -0.25) is 9.69 Å². The summed E-state index contributed by atoms with van der Waals surface area (Å²) in [7, 11) is 0. The molecule has 5 nitrogen and oxygen atoms in total. The number of likely N-dealkylation sites (tertiary alicyclic amines) is 1. The van der Waals surface area contributed by atoms with Gasteiger partial charge in [-0.2, -0.15) is 0 Å². The Morgan fingerprint density at radius 2 is 1.80 bits per heavy atom. The normalized spacial score (nSPS) is 23.9. The molecule has 2 amide bonds. The third-order valence-corrected chi connectivity index (χ3v) is 4.48. The van der Waals surface area contributed by atoms with Crippen molar-refractivity contribution in [3.05, 3.63) is 0 Å². The lowest BCUT2D eigenvalue weighted by molar-refractivity contribution is -0.136. The van der Waals surface area contributed by atoms with E-state index in [-0.39, 0.29) is 18.0 Å². The van der Waals surface area contributed by atoms with Gasteiger partial charge in [0.2, 0.25) is 5.91 Å². The highest BCUT2D eigenvalue weighted by Gasteiger charge is 2.39. The van der Waals surface area contributed by atoms with Crippen LogP contribution < -0.4 is 0 Å². The molecule has 0 aromatic heterocycles. The Hall–Kier alpha value is -0.910. The quantitative estimate of drug-likeness (QED) is 0.745. The molecule has 20 heavy (non-hydrogen) atoms. The lowest BCUT2D eigenvalue weighted by atomic mass is 10.1. The Balaban J connectivity index is 1.99. The second kappa shape index (κ2) is 6.24. The SMILES string of the molecule is CC(C)(C)OC(=O)N1CSC[C@@H]1C(=O)N1CCCCC1. The molecule has 114 valence electrons. The number of hydrogen-bond acceptors (Lipinski definition) is 4. The first-order chi connectivity index (χ1) is 9.38. The summed E-state index contributed by atoms with van der Waals surface area (Å²) < 4.78 is 5.39. The van der Waals surface area contributed by atoms with Gasteiger partial charge in [-0.1, -0.05) is 0 Å². The molecular formula is C14H24N2O3S. The van der Waals surface area contributed by atoms with E-state index in [1.165, 1.54) is 6.42 Å². The average Bonchev–Trinajstić information content (AvgIpc) is 2.86. The molecule has 1 atom stereocenters. The molecule has 0 aromatic carbocycles. The van der Waals surface area contributed by atoms with Crippen molar-refractivity contribution in [1.82, 2.24) is 9.80 Å². The van der Waals surface area contributed by atoms with Gasteiger partial charge in [0.25, 0.3) is 0 Å². The van der Waals surface area contributed by atoms with Crippen LogP contribution in [-0.2, 0) is 9.53 Å². The van der Waals surface area contributed by atoms with Crippen molar-refractivity contribution in [2.24, 2.45) is 0 Å². The number of hydrogen-bond donors (Lipinski definition) is 0. The van der Waals surface area contributed by atoms with E-state index in [9.17, 15) is 9.59 Å². The molecule has 2 saturated heterocycles. The van der Waals surface area contributed by atoms with Crippen LogP contribution in [0.25, 0.3) is 0 Å². The number of nitrogens with zero attached hydrogens (tertiary/aromatic N) is 2. The summed E-state index contributed by atoms with van der Waals surface area (Å²) in [5.74, 6) is 1.30. The van der Waals surface area contributed by atoms with Crippen LogP contribution in [0.2, 0.25) is 0 Å². The van der Waals surface area contributed by atoms with Gasteiger partial charge in [0.05, 0.1) is 5.88 Å². The molecule has 0 saturated carbocycles. The number of piperidine rings is 1. The van der Waals surface area contributed by atoms with Gasteiger partial charge in [0, 0.05) is 18.8 Å². The fraction of sp³-hybridized carbons (Fsp3) is 0.857. The van der Waals surface area contributed by atoms with Crippen LogP contribution >= 0.6 is 11.8 Å². The highest BCUT2D eigenvalue weighted by Crippen LogP contribution is 2.25. The summed E-state index contributed by atoms with van der Waals surface area (Å²) in [6.07, 6.45) is 2.95. The molecule has 0 radical (unpaired) electrons. The number of amides is 2. The van der Waals surface area contributed by atoms with Crippen LogP contribution in [0.4, 0.5) is 4.79 Å². The third-order valence-electron chi connectivity index (χ3n) is 3.46. The monoisotopic (exact) mass is 300 g/mol. The van der Waals surface area contributed by atoms with Crippen LogP contribution in [-0.4, -0.2) is 58.2 Å². The zero-order chi connectivity index (χ0) is 14.8. The van der Waals surface area contributed by atoms with Crippen LogP contribution in [0.15, 0.2) is 0 Å². The molecule has 0 N–H and O–H groups in total. The molecule has 0 spiro atoms. The average molecular weight is 300 g/mol. The Labute approximate surface area is 125 Å². The Kier molecular flexibility index (Phi) is 4.83. The maximum atomic E-state index is 12.5. The highest BCUT2D eigenvalue weighted by atomic mass is 32.2. The molecule has 0 aromatic rings. The molecule has 0 bridgehead atoms. The maximum absolute atomic E-state index is 12.5. The molecule has 2 heterocycles. The minimum absolute atomic E-state index is 0.0839. The second-order valence-electron chi connectivity index (χ2n) is 6.35. The molecular weight excluding hydrogens is 276 g/mol. The first kappa shape index (κ1) is 15.5. The zero-order valence-corrected chi connectivity index (χ0v) is 13.4. The molecule has 2 fully saturated rings. The van der Waals surface area contributed by atoms with E-state index >= 15 is 0 Å². The number of carbonyl (C=O) groups is 2. The maximum Gasteiger partial charge on any atom is 0.411 e. The first-order valence-electron chi connectivity index (χ1n) is 7.24. The van der Waals surface area contributed by atoms with Crippen LogP contribution in [0.3, 0.4) is 0 Å². The summed E-state index contributed by atoms with van der Waals surface area (Å²) >= 11 is 1.61. The largest absolute Gasteiger partial charge is 0.444 e. The van der Waals surface area contributed by atoms with Crippen LogP contribution in [0, 0.1) is 0 Å². The summed E-state index contributed by atoms with van der Waals surface area (Å²) in [5, 5.41) is 0. The molecule has 2 aliphatic rings. The predicted octanol–water partition coefficient (Wildman–Crippen LogP) is 2.31. The first-order valence-corrected chi connectivity index (χ1v) is 8.40. The lowest BCUT2D eigenvalue weighted by Crippen LogP contribution is -2.51. The molecule has 0 unspecified atom stereocenters. The lowest BCUT2D eigenvalue weighted by Gasteiger charge is -2.33. The van der Waals surface area contributed by atoms with E-state index in [1.807, 2.05) is 25.7 Å². The molecule has 2 rings (SSSR count). The summed E-state index contributed by atoms with van der Waals surface area (Å²) in [5.41, 5.74) is -0.525. The number of carbonyl (C=O) groups excluding carboxylic acids is 2. The van der Waals surface area contributed by atoms with E-state index < -0.39 is 5.60 Å². The summed E-state index contributed by atoms with van der Waals surface area (Å²) in [4.78, 5) is 28.2. The Morgan fingerprint density at radius 3 is 2.40 bits per heavy atom. The Morgan fingerprint density at radius 1 is 1.15 bits per heavy atom. The van der Waals surface area contributed by atoms with Crippen molar-refractivity contribution >= 4 is 23.8 Å². The van der Waals surface area contributed by atoms with Gasteiger partial charge in [0.1, 0.15) is 11.6 Å². The van der Waals surface area contributed by atoms with Crippen molar-refractivity contribution in [3.63, 3.8) is 0 Å². The van der Waals surface area contributed by atoms with Gasteiger partial charge in [-0.15, -0.1) is 11.8 Å². The fourth-order valence-corrected chi connectivity index (χ4v) is 3.61. The number of ether oxygens (including phenoxy) is 1. The van der Waals surface area contributed by atoms with Gasteiger partial charge in [-0.05, 0) is 40.0 Å². The van der Waals surface area contributed by atoms with Crippen molar-refractivity contribution in [2.45, 2.75) is 51.7 Å².